The van der Waals surface area contributed by atoms with E-state index in [2.05, 4.69) is 20.7 Å². The molecule has 1 heterocycles. The number of aromatic nitrogens is 2. The molecule has 0 radical (unpaired) electrons. The molecule has 120 valence electrons. The minimum absolute atomic E-state index is 0.241. The number of hydrogen-bond donors (Lipinski definition) is 2. The Morgan fingerprint density at radius 2 is 1.96 bits per heavy atom. The number of H-pyrrole nitrogens is 1. The molecule has 24 heavy (non-hydrogen) atoms. The van der Waals surface area contributed by atoms with Crippen molar-refractivity contribution >= 4 is 23.7 Å². The Morgan fingerprint density at radius 1 is 1.21 bits per heavy atom. The van der Waals surface area contributed by atoms with E-state index < -0.39 is 11.7 Å². The molecule has 0 spiro atoms. The van der Waals surface area contributed by atoms with Crippen molar-refractivity contribution in [2.75, 3.05) is 0 Å². The molecule has 5 nitrogen and oxygen atoms in total. The van der Waals surface area contributed by atoms with Gasteiger partial charge in [0, 0.05) is 16.1 Å². The lowest BCUT2D eigenvalue weighted by molar-refractivity contribution is 0.0950. The normalized spacial score (nSPS) is 10.9. The van der Waals surface area contributed by atoms with E-state index in [1.165, 1.54) is 12.3 Å². The van der Waals surface area contributed by atoms with Crippen LogP contribution in [0.5, 0.6) is 0 Å². The number of aromatic amines is 1. The van der Waals surface area contributed by atoms with Crippen molar-refractivity contribution in [3.63, 3.8) is 0 Å². The number of hydrogen-bond acceptors (Lipinski definition) is 3. The number of hydrazone groups is 1. The predicted molar refractivity (Wildman–Crippen MR) is 90.5 cm³/mol. The molecule has 0 fully saturated rings. The summed E-state index contributed by atoms with van der Waals surface area (Å²) in [6, 6.07) is 14.8. The summed E-state index contributed by atoms with van der Waals surface area (Å²) < 4.78 is 13.4. The highest BCUT2D eigenvalue weighted by Crippen LogP contribution is 2.20. The molecule has 0 saturated heterocycles. The van der Waals surface area contributed by atoms with Crippen molar-refractivity contribution < 1.29 is 9.18 Å². The maximum Gasteiger partial charge on any atom is 0.289 e. The van der Waals surface area contributed by atoms with Gasteiger partial charge in [-0.2, -0.15) is 10.2 Å². The standard InChI is InChI=1S/C17H12ClFN4O/c18-13-7-5-11(6-8-13)15-9-16(22-21-15)17(24)23-20-10-12-3-1-2-4-14(12)19/h1-10H,(H,21,22)(H,23,24). The SMILES string of the molecule is O=C(NN=Cc1ccccc1F)c1cc(-c2ccc(Cl)cc2)n[nH]1. The van der Waals surface area contributed by atoms with Gasteiger partial charge in [0.05, 0.1) is 11.9 Å². The van der Waals surface area contributed by atoms with E-state index in [4.69, 9.17) is 11.6 Å². The summed E-state index contributed by atoms with van der Waals surface area (Å²) in [4.78, 5) is 12.0. The molecular weight excluding hydrogens is 331 g/mol. The monoisotopic (exact) mass is 342 g/mol. The molecule has 0 aliphatic carbocycles. The number of benzene rings is 2. The second-order valence-electron chi connectivity index (χ2n) is 4.89. The van der Waals surface area contributed by atoms with Crippen molar-refractivity contribution in [2.45, 2.75) is 0 Å². The number of carbonyl (C=O) groups is 1. The summed E-state index contributed by atoms with van der Waals surface area (Å²) in [5.74, 6) is -0.891. The second-order valence-corrected chi connectivity index (χ2v) is 5.33. The van der Waals surface area contributed by atoms with Gasteiger partial charge in [-0.05, 0) is 24.3 Å². The predicted octanol–water partition coefficient (Wildman–Crippen LogP) is 3.63. The Labute approximate surface area is 142 Å². The van der Waals surface area contributed by atoms with Gasteiger partial charge in [-0.15, -0.1) is 0 Å². The lowest BCUT2D eigenvalue weighted by atomic mass is 10.1. The number of carbonyl (C=O) groups excluding carboxylic acids is 1. The Balaban J connectivity index is 1.68. The molecule has 0 aliphatic heterocycles. The Hall–Kier alpha value is -2.99. The molecular formula is C17H12ClFN4O. The first-order valence-corrected chi connectivity index (χ1v) is 7.40. The molecule has 0 unspecified atom stereocenters. The summed E-state index contributed by atoms with van der Waals surface area (Å²) in [5.41, 5.74) is 4.27. The molecule has 3 aromatic rings. The summed E-state index contributed by atoms with van der Waals surface area (Å²) >= 11 is 5.84. The van der Waals surface area contributed by atoms with Crippen LogP contribution in [0, 0.1) is 5.82 Å². The summed E-state index contributed by atoms with van der Waals surface area (Å²) in [6.45, 7) is 0. The first-order valence-electron chi connectivity index (χ1n) is 7.03. The Kier molecular flexibility index (Phi) is 4.67. The maximum atomic E-state index is 13.4. The number of halogens is 2. The zero-order chi connectivity index (χ0) is 16.9. The quantitative estimate of drug-likeness (QED) is 0.561. The average Bonchev–Trinajstić information content (AvgIpc) is 3.07. The van der Waals surface area contributed by atoms with Gasteiger partial charge in [0.1, 0.15) is 11.5 Å². The highest BCUT2D eigenvalue weighted by atomic mass is 35.5. The van der Waals surface area contributed by atoms with Crippen molar-refractivity contribution in [1.29, 1.82) is 0 Å². The number of amides is 1. The minimum atomic E-state index is -0.477. The van der Waals surface area contributed by atoms with E-state index in [0.717, 1.165) is 5.56 Å². The van der Waals surface area contributed by atoms with Crippen LogP contribution in [0.2, 0.25) is 5.02 Å². The van der Waals surface area contributed by atoms with Gasteiger partial charge in [-0.25, -0.2) is 9.82 Å². The summed E-state index contributed by atoms with van der Waals surface area (Å²) in [6.07, 6.45) is 1.24. The van der Waals surface area contributed by atoms with Gasteiger partial charge < -0.3 is 0 Å². The van der Waals surface area contributed by atoms with Crippen LogP contribution in [0.4, 0.5) is 4.39 Å². The molecule has 0 bridgehead atoms. The lowest BCUT2D eigenvalue weighted by Gasteiger charge is -1.97. The molecule has 2 aromatic carbocycles. The first-order chi connectivity index (χ1) is 11.6. The largest absolute Gasteiger partial charge is 0.289 e. The van der Waals surface area contributed by atoms with Gasteiger partial charge in [-0.1, -0.05) is 41.9 Å². The molecule has 2 N–H and O–H groups in total. The van der Waals surface area contributed by atoms with Crippen LogP contribution < -0.4 is 5.43 Å². The van der Waals surface area contributed by atoms with Crippen LogP contribution in [0.25, 0.3) is 11.3 Å². The third-order valence-corrected chi connectivity index (χ3v) is 3.49. The van der Waals surface area contributed by atoms with Crippen LogP contribution in [-0.2, 0) is 0 Å². The van der Waals surface area contributed by atoms with Crippen LogP contribution in [-0.4, -0.2) is 22.3 Å². The minimum Gasteiger partial charge on any atom is -0.272 e. The highest BCUT2D eigenvalue weighted by Gasteiger charge is 2.10. The number of nitrogens with one attached hydrogen (secondary N) is 2. The van der Waals surface area contributed by atoms with Crippen molar-refractivity contribution in [2.24, 2.45) is 5.10 Å². The molecule has 3 rings (SSSR count). The van der Waals surface area contributed by atoms with Gasteiger partial charge in [0.15, 0.2) is 0 Å². The third kappa shape index (κ3) is 3.67. The van der Waals surface area contributed by atoms with E-state index in [-0.39, 0.29) is 11.3 Å². The summed E-state index contributed by atoms with van der Waals surface area (Å²) in [5, 5.41) is 11.1. The van der Waals surface area contributed by atoms with Gasteiger partial charge >= 0.3 is 0 Å². The van der Waals surface area contributed by atoms with E-state index in [1.54, 1.807) is 48.5 Å². The molecule has 1 aromatic heterocycles. The molecule has 7 heteroatoms. The first kappa shape index (κ1) is 15.9. The zero-order valence-corrected chi connectivity index (χ0v) is 13.1. The number of nitrogens with zero attached hydrogens (tertiary/aromatic N) is 2. The molecule has 0 atom stereocenters. The van der Waals surface area contributed by atoms with Gasteiger partial charge in [-0.3, -0.25) is 9.89 Å². The number of rotatable bonds is 4. The highest BCUT2D eigenvalue weighted by molar-refractivity contribution is 6.30. The third-order valence-electron chi connectivity index (χ3n) is 3.24. The molecule has 0 saturated carbocycles. The van der Waals surface area contributed by atoms with Crippen molar-refractivity contribution in [1.82, 2.24) is 15.6 Å². The zero-order valence-electron chi connectivity index (χ0n) is 12.3. The Morgan fingerprint density at radius 3 is 2.71 bits per heavy atom. The average molecular weight is 343 g/mol. The van der Waals surface area contributed by atoms with Crippen LogP contribution >= 0.6 is 11.6 Å². The maximum absolute atomic E-state index is 13.4. The van der Waals surface area contributed by atoms with E-state index in [1.807, 2.05) is 0 Å². The van der Waals surface area contributed by atoms with E-state index >= 15 is 0 Å². The fourth-order valence-electron chi connectivity index (χ4n) is 2.01. The second kappa shape index (κ2) is 7.06. The topological polar surface area (TPSA) is 70.1 Å². The molecule has 0 aliphatic rings. The van der Waals surface area contributed by atoms with Gasteiger partial charge in [0.2, 0.25) is 0 Å². The fourth-order valence-corrected chi connectivity index (χ4v) is 2.13. The summed E-state index contributed by atoms with van der Waals surface area (Å²) in [7, 11) is 0. The van der Waals surface area contributed by atoms with Crippen LogP contribution in [0.15, 0.2) is 59.7 Å². The molecule has 1 amide bonds. The van der Waals surface area contributed by atoms with Crippen molar-refractivity contribution in [3.05, 3.63) is 76.7 Å². The fraction of sp³-hybridized carbons (Fsp3) is 0. The van der Waals surface area contributed by atoms with Gasteiger partial charge in [0.25, 0.3) is 5.91 Å². The van der Waals surface area contributed by atoms with Crippen LogP contribution in [0.1, 0.15) is 16.1 Å². The van der Waals surface area contributed by atoms with E-state index in [0.29, 0.717) is 10.7 Å². The smallest absolute Gasteiger partial charge is 0.272 e. The lowest BCUT2D eigenvalue weighted by Crippen LogP contribution is -2.18. The van der Waals surface area contributed by atoms with E-state index in [9.17, 15) is 9.18 Å². The Bertz CT molecular complexity index is 890. The van der Waals surface area contributed by atoms with Crippen molar-refractivity contribution in [3.8, 4) is 11.3 Å². The van der Waals surface area contributed by atoms with Crippen LogP contribution in [0.3, 0.4) is 0 Å².